The van der Waals surface area contributed by atoms with Gasteiger partial charge in [-0.25, -0.2) is 4.79 Å². The van der Waals surface area contributed by atoms with E-state index in [1.54, 1.807) is 11.9 Å². The Hall–Kier alpha value is -1.14. The summed E-state index contributed by atoms with van der Waals surface area (Å²) in [4.78, 5) is 19.2. The van der Waals surface area contributed by atoms with Crippen molar-refractivity contribution in [3.8, 4) is 0 Å². The van der Waals surface area contributed by atoms with Gasteiger partial charge in [-0.15, -0.1) is 0 Å². The Bertz CT molecular complexity index is 727. The number of amides is 1. The maximum absolute atomic E-state index is 12.3. The smallest absolute Gasteiger partial charge is 0.393 e. The number of oxime groups is 1. The molecule has 4 aliphatic rings. The second-order valence-electron chi connectivity index (χ2n) is 11.9. The lowest BCUT2D eigenvalue weighted by Gasteiger charge is -2.61. The fourth-order valence-electron chi connectivity index (χ4n) is 8.54. The van der Waals surface area contributed by atoms with Crippen LogP contribution in [0.2, 0.25) is 0 Å². The molecule has 182 valence electrons. The summed E-state index contributed by atoms with van der Waals surface area (Å²) >= 11 is 0. The second-order valence-corrected chi connectivity index (χ2v) is 11.9. The summed E-state index contributed by atoms with van der Waals surface area (Å²) in [6.45, 7) is 8.44. The average molecular weight is 448 g/mol. The Morgan fingerprint density at radius 1 is 1.09 bits per heavy atom. The van der Waals surface area contributed by atoms with Crippen molar-refractivity contribution >= 4 is 11.8 Å². The van der Waals surface area contributed by atoms with E-state index in [9.17, 15) is 9.90 Å². The summed E-state index contributed by atoms with van der Waals surface area (Å²) in [6.07, 6.45) is 10.3. The van der Waals surface area contributed by atoms with Gasteiger partial charge in [-0.1, -0.05) is 19.0 Å². The average Bonchev–Trinajstić information content (AvgIpc) is 3.13. The summed E-state index contributed by atoms with van der Waals surface area (Å²) in [7, 11) is 3.62. The number of fused-ring (bicyclic) bond motifs is 5. The predicted molar refractivity (Wildman–Crippen MR) is 127 cm³/mol. The molecule has 0 heterocycles. The van der Waals surface area contributed by atoms with Crippen LogP contribution >= 0.6 is 0 Å². The fraction of sp³-hybridized carbons (Fsp3) is 0.923. The van der Waals surface area contributed by atoms with Crippen molar-refractivity contribution in [1.82, 2.24) is 10.2 Å². The zero-order valence-corrected chi connectivity index (χ0v) is 20.9. The first-order valence-corrected chi connectivity index (χ1v) is 13.0. The number of aliphatic hydroxyl groups excluding tert-OH is 1. The highest BCUT2D eigenvalue weighted by Gasteiger charge is 2.60. The van der Waals surface area contributed by atoms with E-state index in [1.807, 2.05) is 7.05 Å². The number of nitrogens with one attached hydrogen (secondary N) is 1. The Morgan fingerprint density at radius 3 is 2.56 bits per heavy atom. The van der Waals surface area contributed by atoms with E-state index < -0.39 is 0 Å². The summed E-state index contributed by atoms with van der Waals surface area (Å²) in [6, 6.07) is 0. The van der Waals surface area contributed by atoms with Crippen LogP contribution in [-0.2, 0) is 4.84 Å². The van der Waals surface area contributed by atoms with Gasteiger partial charge in [0.2, 0.25) is 0 Å². The van der Waals surface area contributed by atoms with Crippen molar-refractivity contribution in [2.24, 2.45) is 45.6 Å². The van der Waals surface area contributed by atoms with E-state index >= 15 is 0 Å². The first-order chi connectivity index (χ1) is 15.2. The van der Waals surface area contributed by atoms with E-state index in [-0.39, 0.29) is 17.6 Å². The zero-order valence-electron chi connectivity index (χ0n) is 20.9. The highest BCUT2D eigenvalue weighted by atomic mass is 16.7. The third kappa shape index (κ3) is 4.11. The summed E-state index contributed by atoms with van der Waals surface area (Å²) in [5.41, 5.74) is 1.67. The van der Waals surface area contributed by atoms with Crippen molar-refractivity contribution in [3.63, 3.8) is 0 Å². The van der Waals surface area contributed by atoms with E-state index in [2.05, 4.69) is 31.2 Å². The van der Waals surface area contributed by atoms with E-state index in [4.69, 9.17) is 4.84 Å². The highest BCUT2D eigenvalue weighted by Crippen LogP contribution is 2.67. The molecule has 4 fully saturated rings. The van der Waals surface area contributed by atoms with Crippen LogP contribution in [0.15, 0.2) is 5.16 Å². The number of aliphatic hydroxyl groups is 1. The molecule has 6 nitrogen and oxygen atoms in total. The monoisotopic (exact) mass is 447 g/mol. The molecule has 0 aromatic rings. The number of nitrogens with zero attached hydrogens (tertiary/aromatic N) is 2. The van der Waals surface area contributed by atoms with Crippen LogP contribution in [0.25, 0.3) is 0 Å². The molecule has 8 atom stereocenters. The minimum Gasteiger partial charge on any atom is -0.393 e. The van der Waals surface area contributed by atoms with E-state index in [0.717, 1.165) is 49.3 Å². The maximum atomic E-state index is 12.3. The molecule has 4 rings (SSSR count). The lowest BCUT2D eigenvalue weighted by molar-refractivity contribution is -0.123. The third-order valence-electron chi connectivity index (χ3n) is 10.4. The van der Waals surface area contributed by atoms with Gasteiger partial charge in [0.1, 0.15) is 0 Å². The third-order valence-corrected chi connectivity index (χ3v) is 10.4. The molecule has 0 spiro atoms. The van der Waals surface area contributed by atoms with Crippen LogP contribution in [0.3, 0.4) is 0 Å². The number of hydrogen-bond donors (Lipinski definition) is 2. The summed E-state index contributed by atoms with van der Waals surface area (Å²) in [5.74, 6) is 3.47. The van der Waals surface area contributed by atoms with Gasteiger partial charge in [-0.3, -0.25) is 4.84 Å². The molecule has 0 saturated heterocycles. The molecule has 0 aromatic heterocycles. The number of carbonyl (C=O) groups excluding carboxylic acids is 1. The Balaban J connectivity index is 1.44. The van der Waals surface area contributed by atoms with Gasteiger partial charge in [0.05, 0.1) is 11.8 Å². The van der Waals surface area contributed by atoms with Crippen LogP contribution in [-0.4, -0.2) is 55.1 Å². The van der Waals surface area contributed by atoms with E-state index in [0.29, 0.717) is 23.8 Å². The topological polar surface area (TPSA) is 74.2 Å². The number of rotatable bonds is 5. The van der Waals surface area contributed by atoms with Crippen molar-refractivity contribution in [2.45, 2.75) is 84.7 Å². The van der Waals surface area contributed by atoms with Gasteiger partial charge in [0, 0.05) is 26.1 Å². The number of carbonyl (C=O) groups is 1. The standard InChI is InChI=1S/C26H45N3O3/c1-17(28-32-24(31)29(5)15-14-27-4)21-8-9-22-20-7-6-18-16-19(30)10-12-25(18,2)23(20)11-13-26(21,22)3/h18-23,27,30H,6-16H2,1-5H3/b28-17+/t18-,19+,20-,21+,22-,23-,25-,26+/m0/s1. The minimum atomic E-state index is -0.381. The lowest BCUT2D eigenvalue weighted by Crippen LogP contribution is -2.54. The quantitative estimate of drug-likeness (QED) is 0.365. The van der Waals surface area contributed by atoms with Gasteiger partial charge in [-0.05, 0) is 106 Å². The highest BCUT2D eigenvalue weighted by molar-refractivity contribution is 5.85. The molecule has 1 amide bonds. The maximum Gasteiger partial charge on any atom is 0.435 e. The van der Waals surface area contributed by atoms with Crippen molar-refractivity contribution in [1.29, 1.82) is 0 Å². The first kappa shape index (κ1) is 24.0. The van der Waals surface area contributed by atoms with Crippen LogP contribution in [0, 0.1) is 40.4 Å². The van der Waals surface area contributed by atoms with Crippen LogP contribution in [0.1, 0.15) is 78.6 Å². The Morgan fingerprint density at radius 2 is 1.81 bits per heavy atom. The minimum absolute atomic E-state index is 0.0757. The van der Waals surface area contributed by atoms with Gasteiger partial charge >= 0.3 is 6.09 Å². The molecule has 4 saturated carbocycles. The van der Waals surface area contributed by atoms with E-state index in [1.165, 1.54) is 38.5 Å². The SMILES string of the molecule is CNCCN(C)C(=O)O/N=C(\C)[C@H]1CC[C@H]2[C@@H]3CC[C@H]4C[C@H](O)CC[C@]4(C)[C@H]3CC[C@]12C. The molecule has 0 radical (unpaired) electrons. The van der Waals surface area contributed by atoms with Gasteiger partial charge in [-0.2, -0.15) is 0 Å². The number of hydrogen-bond acceptors (Lipinski definition) is 5. The van der Waals surface area contributed by atoms with Gasteiger partial charge < -0.3 is 15.3 Å². The van der Waals surface area contributed by atoms with Gasteiger partial charge in [0.15, 0.2) is 0 Å². The molecule has 0 unspecified atom stereocenters. The summed E-state index contributed by atoms with van der Waals surface area (Å²) < 4.78 is 0. The number of likely N-dealkylation sites (N-methyl/N-ethyl adjacent to an activating group) is 2. The van der Waals surface area contributed by atoms with Crippen molar-refractivity contribution in [3.05, 3.63) is 0 Å². The Labute approximate surface area is 194 Å². The zero-order chi connectivity index (χ0) is 23.1. The molecule has 4 aliphatic carbocycles. The normalized spacial score (nSPS) is 43.8. The molecule has 6 heteroatoms. The predicted octanol–water partition coefficient (Wildman–Crippen LogP) is 4.67. The molecule has 0 aliphatic heterocycles. The van der Waals surface area contributed by atoms with Crippen LogP contribution in [0.5, 0.6) is 0 Å². The summed E-state index contributed by atoms with van der Waals surface area (Å²) in [5, 5.41) is 17.6. The fourth-order valence-corrected chi connectivity index (χ4v) is 8.54. The molecular formula is C26H45N3O3. The van der Waals surface area contributed by atoms with Crippen LogP contribution < -0.4 is 5.32 Å². The molecular weight excluding hydrogens is 402 g/mol. The molecule has 0 aromatic carbocycles. The second kappa shape index (κ2) is 9.25. The van der Waals surface area contributed by atoms with Gasteiger partial charge in [0.25, 0.3) is 0 Å². The first-order valence-electron chi connectivity index (χ1n) is 13.0. The largest absolute Gasteiger partial charge is 0.435 e. The molecule has 2 N–H and O–H groups in total. The van der Waals surface area contributed by atoms with Crippen molar-refractivity contribution < 1.29 is 14.7 Å². The van der Waals surface area contributed by atoms with Crippen molar-refractivity contribution in [2.75, 3.05) is 27.2 Å². The molecule has 0 bridgehead atoms. The molecule has 32 heavy (non-hydrogen) atoms. The lowest BCUT2D eigenvalue weighted by atomic mass is 9.44. The Kier molecular flexibility index (Phi) is 6.94. The van der Waals surface area contributed by atoms with Crippen LogP contribution in [0.4, 0.5) is 4.79 Å².